The number of piperazine rings is 1. The van der Waals surface area contributed by atoms with E-state index in [0.29, 0.717) is 43.2 Å². The van der Waals surface area contributed by atoms with Gasteiger partial charge in [0, 0.05) is 51.6 Å². The number of nitrogens with zero attached hydrogens (tertiary/aromatic N) is 2. The monoisotopic (exact) mass is 585 g/mol. The number of rotatable bonds is 9. The number of hydrogen-bond donors (Lipinski definition) is 1. The summed E-state index contributed by atoms with van der Waals surface area (Å²) in [4.78, 5) is 30.1. The fourth-order valence-electron chi connectivity index (χ4n) is 6.05. The minimum Gasteiger partial charge on any atom is -0.489 e. The van der Waals surface area contributed by atoms with Crippen LogP contribution in [0.3, 0.4) is 0 Å². The number of aryl methyl sites for hydroxylation is 1. The molecule has 5 rings (SSSR count). The number of hydrogen-bond acceptors (Lipinski definition) is 4. The molecular weight excluding hydrogens is 546 g/mol. The van der Waals surface area contributed by atoms with Gasteiger partial charge in [-0.25, -0.2) is 0 Å². The Morgan fingerprint density at radius 1 is 1.05 bits per heavy atom. The summed E-state index contributed by atoms with van der Waals surface area (Å²) in [5.41, 5.74) is 6.32. The van der Waals surface area contributed by atoms with Crippen molar-refractivity contribution >= 4 is 29.0 Å². The molecule has 2 aliphatic heterocycles. The zero-order valence-electron chi connectivity index (χ0n) is 24.9. The Morgan fingerprint density at radius 3 is 2.57 bits per heavy atom. The number of halogens is 1. The second-order valence-corrected chi connectivity index (χ2v) is 12.1. The maximum Gasteiger partial charge on any atom is 0.251 e. The average molecular weight is 586 g/mol. The highest BCUT2D eigenvalue weighted by Crippen LogP contribution is 2.35. The fraction of sp³-hybridized carbons (Fsp3) is 0.371. The van der Waals surface area contributed by atoms with Crippen molar-refractivity contribution in [3.63, 3.8) is 0 Å². The standard InChI is InChI=1S/C35H40ClN3O3/c1-23-13-14-31(36)33(17-23)42-24(2)18-27-11-8-12-28(19-27)30-20-29-21-39(25(3)40)22-32(37-29)34(30)35(41)38(4)16-15-26-9-6-5-7-10-26/h5-14,17,19,24,29,32,37H,15-16,18,20-22H2,1-4H3/t24?,29-,32-/m1/s1. The van der Waals surface area contributed by atoms with Crippen LogP contribution in [0.1, 0.15) is 42.5 Å². The topological polar surface area (TPSA) is 61.9 Å². The zero-order valence-corrected chi connectivity index (χ0v) is 25.7. The number of fused-ring (bicyclic) bond motifs is 2. The van der Waals surface area contributed by atoms with Crippen molar-refractivity contribution in [3.05, 3.63) is 106 Å². The van der Waals surface area contributed by atoms with Gasteiger partial charge in [0.15, 0.2) is 0 Å². The Hall–Kier alpha value is -3.61. The first-order valence-electron chi connectivity index (χ1n) is 14.7. The summed E-state index contributed by atoms with van der Waals surface area (Å²) < 4.78 is 6.21. The summed E-state index contributed by atoms with van der Waals surface area (Å²) in [5.74, 6) is 0.748. The van der Waals surface area contributed by atoms with Crippen LogP contribution in [0.25, 0.3) is 5.57 Å². The predicted molar refractivity (Wildman–Crippen MR) is 169 cm³/mol. The molecule has 42 heavy (non-hydrogen) atoms. The third-order valence-electron chi connectivity index (χ3n) is 8.22. The van der Waals surface area contributed by atoms with Crippen LogP contribution in [0.4, 0.5) is 0 Å². The fourth-order valence-corrected chi connectivity index (χ4v) is 6.21. The molecular formula is C35H40ClN3O3. The van der Waals surface area contributed by atoms with Crippen molar-refractivity contribution in [2.45, 2.75) is 58.2 Å². The number of carbonyl (C=O) groups is 2. The quantitative estimate of drug-likeness (QED) is 0.350. The van der Waals surface area contributed by atoms with E-state index in [1.807, 2.05) is 67.1 Å². The van der Waals surface area contributed by atoms with Gasteiger partial charge in [-0.05, 0) is 66.6 Å². The molecule has 0 aliphatic carbocycles. The number of benzene rings is 3. The van der Waals surface area contributed by atoms with Crippen LogP contribution in [0.15, 0.2) is 78.4 Å². The van der Waals surface area contributed by atoms with E-state index in [9.17, 15) is 9.59 Å². The van der Waals surface area contributed by atoms with Gasteiger partial charge >= 0.3 is 0 Å². The van der Waals surface area contributed by atoms with Crippen LogP contribution >= 0.6 is 11.6 Å². The minimum absolute atomic E-state index is 0.0125. The molecule has 0 radical (unpaired) electrons. The van der Waals surface area contributed by atoms with E-state index in [0.717, 1.165) is 34.3 Å². The summed E-state index contributed by atoms with van der Waals surface area (Å²) in [6.45, 7) is 7.42. The van der Waals surface area contributed by atoms with E-state index in [1.165, 1.54) is 5.56 Å². The van der Waals surface area contributed by atoms with Crippen LogP contribution in [-0.2, 0) is 22.4 Å². The largest absolute Gasteiger partial charge is 0.489 e. The van der Waals surface area contributed by atoms with Crippen molar-refractivity contribution in [2.24, 2.45) is 0 Å². The van der Waals surface area contributed by atoms with Gasteiger partial charge in [0.2, 0.25) is 5.91 Å². The molecule has 3 atom stereocenters. The SMILES string of the molecule is CC(=O)N1C[C@H]2CC(c3cccc(CC(C)Oc4cc(C)ccc4Cl)c3)=C(C(=O)N(C)CCc3ccccc3)[C@@H](C1)N2. The van der Waals surface area contributed by atoms with Gasteiger partial charge in [-0.3, -0.25) is 9.59 Å². The molecule has 2 amide bonds. The Balaban J connectivity index is 1.41. The van der Waals surface area contributed by atoms with E-state index in [2.05, 4.69) is 41.7 Å². The van der Waals surface area contributed by atoms with Crippen molar-refractivity contribution in [3.8, 4) is 5.75 Å². The molecule has 7 heteroatoms. The molecule has 220 valence electrons. The second-order valence-electron chi connectivity index (χ2n) is 11.7. The number of carbonyl (C=O) groups excluding carboxylic acids is 2. The summed E-state index contributed by atoms with van der Waals surface area (Å²) in [6.07, 6.45) is 2.08. The van der Waals surface area contributed by atoms with Gasteiger partial charge in [0.1, 0.15) is 5.75 Å². The second kappa shape index (κ2) is 13.1. The minimum atomic E-state index is -0.211. The molecule has 2 aliphatic rings. The van der Waals surface area contributed by atoms with E-state index < -0.39 is 0 Å². The first-order chi connectivity index (χ1) is 20.2. The van der Waals surface area contributed by atoms with Crippen LogP contribution in [0.5, 0.6) is 5.75 Å². The molecule has 0 spiro atoms. The smallest absolute Gasteiger partial charge is 0.251 e. The maximum absolute atomic E-state index is 14.1. The summed E-state index contributed by atoms with van der Waals surface area (Å²) in [7, 11) is 1.87. The van der Waals surface area contributed by atoms with Gasteiger partial charge in [-0.1, -0.05) is 72.3 Å². The summed E-state index contributed by atoms with van der Waals surface area (Å²) >= 11 is 6.38. The lowest BCUT2D eigenvalue weighted by molar-refractivity contribution is -0.132. The Bertz CT molecular complexity index is 1470. The van der Waals surface area contributed by atoms with E-state index in [-0.39, 0.29) is 30.0 Å². The molecule has 1 fully saturated rings. The lowest BCUT2D eigenvalue weighted by Crippen LogP contribution is -2.61. The zero-order chi connectivity index (χ0) is 29.8. The van der Waals surface area contributed by atoms with Gasteiger partial charge in [-0.15, -0.1) is 0 Å². The van der Waals surface area contributed by atoms with Crippen LogP contribution < -0.4 is 10.1 Å². The molecule has 1 saturated heterocycles. The van der Waals surface area contributed by atoms with Crippen molar-refractivity contribution in [2.75, 3.05) is 26.7 Å². The highest BCUT2D eigenvalue weighted by Gasteiger charge is 2.39. The van der Waals surface area contributed by atoms with Gasteiger partial charge in [0.05, 0.1) is 17.2 Å². The highest BCUT2D eigenvalue weighted by molar-refractivity contribution is 6.32. The molecule has 0 saturated carbocycles. The molecule has 2 bridgehead atoms. The molecule has 3 aromatic rings. The molecule has 3 aromatic carbocycles. The molecule has 1 unspecified atom stereocenters. The van der Waals surface area contributed by atoms with Crippen molar-refractivity contribution in [1.82, 2.24) is 15.1 Å². The van der Waals surface area contributed by atoms with E-state index in [4.69, 9.17) is 16.3 Å². The number of ether oxygens (including phenoxy) is 1. The van der Waals surface area contributed by atoms with Gasteiger partial charge < -0.3 is 19.9 Å². The average Bonchev–Trinajstić information content (AvgIpc) is 2.97. The lowest BCUT2D eigenvalue weighted by Gasteiger charge is -2.44. The van der Waals surface area contributed by atoms with Crippen molar-refractivity contribution < 1.29 is 14.3 Å². The highest BCUT2D eigenvalue weighted by atomic mass is 35.5. The molecule has 2 heterocycles. The Labute approximate surface area is 254 Å². The third kappa shape index (κ3) is 7.05. The number of likely N-dealkylation sites (N-methyl/N-ethyl adjacent to an activating group) is 1. The Morgan fingerprint density at radius 2 is 1.81 bits per heavy atom. The molecule has 0 aromatic heterocycles. The predicted octanol–water partition coefficient (Wildman–Crippen LogP) is 5.71. The number of nitrogens with one attached hydrogen (secondary N) is 1. The lowest BCUT2D eigenvalue weighted by atomic mass is 9.82. The summed E-state index contributed by atoms with van der Waals surface area (Å²) in [6, 6.07) is 24.4. The first kappa shape index (κ1) is 29.9. The normalized spacial score (nSPS) is 18.9. The Kier molecular flexibility index (Phi) is 9.34. The maximum atomic E-state index is 14.1. The van der Waals surface area contributed by atoms with E-state index >= 15 is 0 Å². The number of amides is 2. The molecule has 1 N–H and O–H groups in total. The third-order valence-corrected chi connectivity index (χ3v) is 8.53. The van der Waals surface area contributed by atoms with Crippen LogP contribution in [0.2, 0.25) is 5.02 Å². The molecule has 6 nitrogen and oxygen atoms in total. The van der Waals surface area contributed by atoms with Crippen molar-refractivity contribution in [1.29, 1.82) is 0 Å². The first-order valence-corrected chi connectivity index (χ1v) is 15.1. The van der Waals surface area contributed by atoms with E-state index in [1.54, 1.807) is 6.92 Å². The van der Waals surface area contributed by atoms with Crippen LogP contribution in [-0.4, -0.2) is 66.5 Å². The van der Waals surface area contributed by atoms with Gasteiger partial charge in [-0.2, -0.15) is 0 Å². The van der Waals surface area contributed by atoms with Gasteiger partial charge in [0.25, 0.3) is 5.91 Å². The summed E-state index contributed by atoms with van der Waals surface area (Å²) in [5, 5.41) is 4.25. The van der Waals surface area contributed by atoms with Crippen LogP contribution in [0, 0.1) is 6.92 Å².